The molecule has 2 fully saturated rings. The smallest absolute Gasteiger partial charge is 0.0320 e. The molecule has 0 spiro atoms. The lowest BCUT2D eigenvalue weighted by Gasteiger charge is -2.34. The first-order valence-corrected chi connectivity index (χ1v) is 7.05. The minimum absolute atomic E-state index is 0.630. The van der Waals surface area contributed by atoms with Crippen LogP contribution in [-0.2, 0) is 0 Å². The number of likely N-dealkylation sites (tertiary alicyclic amines) is 1. The van der Waals surface area contributed by atoms with Crippen molar-refractivity contribution in [3.05, 3.63) is 12.2 Å². The molecule has 0 amide bonds. The van der Waals surface area contributed by atoms with Gasteiger partial charge in [0.25, 0.3) is 0 Å². The van der Waals surface area contributed by atoms with E-state index >= 15 is 0 Å². The molecule has 0 bridgehead atoms. The average molecular weight is 237 g/mol. The van der Waals surface area contributed by atoms with Gasteiger partial charge in [-0.25, -0.2) is 0 Å². The van der Waals surface area contributed by atoms with E-state index in [0.717, 1.165) is 19.6 Å². The molecule has 1 atom stereocenters. The van der Waals surface area contributed by atoms with E-state index in [1.807, 2.05) is 0 Å². The quantitative estimate of drug-likeness (QED) is 0.744. The van der Waals surface area contributed by atoms with E-state index in [9.17, 15) is 0 Å². The molecule has 0 saturated carbocycles. The zero-order valence-electron chi connectivity index (χ0n) is 11.4. The Morgan fingerprint density at radius 2 is 2.00 bits per heavy atom. The number of hydrogen-bond donors (Lipinski definition) is 1. The van der Waals surface area contributed by atoms with Gasteiger partial charge in [0.2, 0.25) is 0 Å². The summed E-state index contributed by atoms with van der Waals surface area (Å²) in [6.45, 7) is 15.9. The summed E-state index contributed by atoms with van der Waals surface area (Å²) in [5.41, 5.74) is 1.43. The van der Waals surface area contributed by atoms with Crippen molar-refractivity contribution in [1.29, 1.82) is 0 Å². The molecule has 1 N–H and O–H groups in total. The van der Waals surface area contributed by atoms with Gasteiger partial charge in [0.1, 0.15) is 0 Å². The van der Waals surface area contributed by atoms with E-state index in [4.69, 9.17) is 0 Å². The second-order valence-corrected chi connectivity index (χ2v) is 5.67. The van der Waals surface area contributed by atoms with Crippen molar-refractivity contribution >= 4 is 0 Å². The maximum absolute atomic E-state index is 4.36. The molecule has 0 radical (unpaired) electrons. The van der Waals surface area contributed by atoms with Gasteiger partial charge in [-0.15, -0.1) is 0 Å². The van der Waals surface area contributed by atoms with Gasteiger partial charge in [-0.3, -0.25) is 9.80 Å². The number of nitrogens with zero attached hydrogens (tertiary/aromatic N) is 2. The molecule has 2 heterocycles. The van der Waals surface area contributed by atoms with Gasteiger partial charge in [-0.1, -0.05) is 6.58 Å². The summed E-state index contributed by atoms with van der Waals surface area (Å²) in [6, 6.07) is 1.28. The van der Waals surface area contributed by atoms with Crippen LogP contribution in [-0.4, -0.2) is 61.2 Å². The minimum atomic E-state index is 0.630. The highest BCUT2D eigenvalue weighted by atomic mass is 15.2. The number of nitrogens with one attached hydrogen (secondary N) is 1. The molecule has 3 heteroatoms. The van der Waals surface area contributed by atoms with Crippen molar-refractivity contribution in [1.82, 2.24) is 15.1 Å². The van der Waals surface area contributed by atoms with E-state index in [2.05, 4.69) is 35.5 Å². The van der Waals surface area contributed by atoms with Gasteiger partial charge >= 0.3 is 0 Å². The summed E-state index contributed by atoms with van der Waals surface area (Å²) in [4.78, 5) is 5.15. The molecule has 17 heavy (non-hydrogen) atoms. The number of piperazine rings is 1. The van der Waals surface area contributed by atoms with Crippen LogP contribution in [0.15, 0.2) is 12.2 Å². The first kappa shape index (κ1) is 13.1. The Balaban J connectivity index is 1.86. The van der Waals surface area contributed by atoms with E-state index in [1.54, 1.807) is 0 Å². The molecule has 98 valence electrons. The lowest BCUT2D eigenvalue weighted by Crippen LogP contribution is -2.46. The second kappa shape index (κ2) is 5.98. The van der Waals surface area contributed by atoms with Crippen LogP contribution in [0.4, 0.5) is 0 Å². The third-order valence-corrected chi connectivity index (χ3v) is 4.07. The summed E-state index contributed by atoms with van der Waals surface area (Å²) in [7, 11) is 0. The van der Waals surface area contributed by atoms with Gasteiger partial charge in [0.15, 0.2) is 0 Å². The fourth-order valence-corrected chi connectivity index (χ4v) is 3.11. The summed E-state index contributed by atoms with van der Waals surface area (Å²) < 4.78 is 0. The summed E-state index contributed by atoms with van der Waals surface area (Å²) in [5, 5.41) is 3.40. The average Bonchev–Trinajstić information content (AvgIpc) is 2.79. The maximum Gasteiger partial charge on any atom is 0.0320 e. The predicted molar refractivity (Wildman–Crippen MR) is 73.3 cm³/mol. The van der Waals surface area contributed by atoms with E-state index < -0.39 is 0 Å². The fourth-order valence-electron chi connectivity index (χ4n) is 3.11. The van der Waals surface area contributed by atoms with Gasteiger partial charge in [-0.2, -0.15) is 0 Å². The van der Waals surface area contributed by atoms with Crippen LogP contribution in [0.2, 0.25) is 0 Å². The third kappa shape index (κ3) is 3.30. The summed E-state index contributed by atoms with van der Waals surface area (Å²) >= 11 is 0. The van der Waals surface area contributed by atoms with Crippen LogP contribution >= 0.6 is 0 Å². The molecule has 2 aliphatic rings. The standard InChI is InChI=1S/C14H27N3/c1-12(2)17-8-4-5-14(17)13(3)11-16-9-6-15-7-10-16/h12,14-15H,3-11H2,1-2H3. The van der Waals surface area contributed by atoms with Crippen molar-refractivity contribution in [2.45, 2.75) is 38.8 Å². The highest BCUT2D eigenvalue weighted by Gasteiger charge is 2.29. The Morgan fingerprint density at radius 3 is 2.65 bits per heavy atom. The fraction of sp³-hybridized carbons (Fsp3) is 0.857. The molecule has 2 rings (SSSR count). The van der Waals surface area contributed by atoms with Crippen LogP contribution in [0.25, 0.3) is 0 Å². The van der Waals surface area contributed by atoms with Gasteiger partial charge < -0.3 is 5.32 Å². The molecule has 1 unspecified atom stereocenters. The van der Waals surface area contributed by atoms with Gasteiger partial charge in [0, 0.05) is 44.8 Å². The predicted octanol–water partition coefficient (Wildman–Crippen LogP) is 1.32. The molecule has 0 aromatic rings. The lowest BCUT2D eigenvalue weighted by atomic mass is 10.0. The van der Waals surface area contributed by atoms with Crippen LogP contribution in [0.1, 0.15) is 26.7 Å². The van der Waals surface area contributed by atoms with Gasteiger partial charge in [-0.05, 0) is 38.8 Å². The molecular formula is C14H27N3. The molecular weight excluding hydrogens is 210 g/mol. The Hall–Kier alpha value is -0.380. The monoisotopic (exact) mass is 237 g/mol. The Bertz CT molecular complexity index is 256. The molecule has 2 saturated heterocycles. The summed E-state index contributed by atoms with van der Waals surface area (Å²) in [5.74, 6) is 0. The van der Waals surface area contributed by atoms with Crippen LogP contribution < -0.4 is 5.32 Å². The normalized spacial score (nSPS) is 27.8. The Morgan fingerprint density at radius 1 is 1.29 bits per heavy atom. The largest absolute Gasteiger partial charge is 0.314 e. The molecule has 3 nitrogen and oxygen atoms in total. The van der Waals surface area contributed by atoms with Gasteiger partial charge in [0.05, 0.1) is 0 Å². The Labute approximate surface area is 106 Å². The maximum atomic E-state index is 4.36. The first-order chi connectivity index (χ1) is 8.18. The third-order valence-electron chi connectivity index (χ3n) is 4.07. The van der Waals surface area contributed by atoms with E-state index in [0.29, 0.717) is 12.1 Å². The molecule has 0 aliphatic carbocycles. The molecule has 0 aromatic carbocycles. The number of rotatable bonds is 4. The van der Waals surface area contributed by atoms with Crippen molar-refractivity contribution in [3.63, 3.8) is 0 Å². The van der Waals surface area contributed by atoms with Crippen LogP contribution in [0.3, 0.4) is 0 Å². The Kier molecular flexibility index (Phi) is 4.60. The zero-order chi connectivity index (χ0) is 12.3. The van der Waals surface area contributed by atoms with E-state index in [1.165, 1.54) is 38.0 Å². The minimum Gasteiger partial charge on any atom is -0.314 e. The second-order valence-electron chi connectivity index (χ2n) is 5.67. The van der Waals surface area contributed by atoms with Crippen molar-refractivity contribution < 1.29 is 0 Å². The van der Waals surface area contributed by atoms with Crippen molar-refractivity contribution in [3.8, 4) is 0 Å². The first-order valence-electron chi connectivity index (χ1n) is 7.05. The SMILES string of the molecule is C=C(CN1CCNCC1)C1CCCN1C(C)C. The highest BCUT2D eigenvalue weighted by molar-refractivity contribution is 5.11. The zero-order valence-corrected chi connectivity index (χ0v) is 11.4. The number of hydrogen-bond acceptors (Lipinski definition) is 3. The summed E-state index contributed by atoms with van der Waals surface area (Å²) in [6.07, 6.45) is 2.65. The molecule has 2 aliphatic heterocycles. The van der Waals surface area contributed by atoms with Crippen molar-refractivity contribution in [2.75, 3.05) is 39.3 Å². The van der Waals surface area contributed by atoms with Crippen molar-refractivity contribution in [2.24, 2.45) is 0 Å². The molecule has 0 aromatic heterocycles. The van der Waals surface area contributed by atoms with E-state index in [-0.39, 0.29) is 0 Å². The highest BCUT2D eigenvalue weighted by Crippen LogP contribution is 2.25. The topological polar surface area (TPSA) is 18.5 Å². The lowest BCUT2D eigenvalue weighted by molar-refractivity contribution is 0.204. The van der Waals surface area contributed by atoms with Crippen LogP contribution in [0.5, 0.6) is 0 Å². The van der Waals surface area contributed by atoms with Crippen LogP contribution in [0, 0.1) is 0 Å².